The van der Waals surface area contributed by atoms with Crippen molar-refractivity contribution in [1.29, 1.82) is 0 Å². The Morgan fingerprint density at radius 1 is 1.18 bits per heavy atom. The minimum atomic E-state index is -0.0312. The molecule has 0 atom stereocenters. The van der Waals surface area contributed by atoms with Crippen LogP contribution in [-0.2, 0) is 4.79 Å². The molecule has 0 aromatic rings. The summed E-state index contributed by atoms with van der Waals surface area (Å²) in [7, 11) is 0. The molecule has 2 aliphatic rings. The van der Waals surface area contributed by atoms with Gasteiger partial charge < -0.3 is 15.5 Å². The Morgan fingerprint density at radius 2 is 1.79 bits per heavy atom. The van der Waals surface area contributed by atoms with E-state index in [1.54, 1.807) is 6.20 Å². The average Bonchev–Trinajstić information content (AvgIpc) is 3.37. The van der Waals surface area contributed by atoms with Crippen LogP contribution in [0.3, 0.4) is 0 Å². The summed E-state index contributed by atoms with van der Waals surface area (Å²) in [6.07, 6.45) is 5.60. The van der Waals surface area contributed by atoms with E-state index in [9.17, 15) is 4.79 Å². The summed E-state index contributed by atoms with van der Waals surface area (Å²) in [5, 5.41) is 6.67. The number of amides is 1. The Hall–Kier alpha value is -2.37. The number of aliphatic imine (C=N–C) groups is 2. The van der Waals surface area contributed by atoms with Crippen LogP contribution in [0.25, 0.3) is 0 Å². The van der Waals surface area contributed by atoms with E-state index >= 15 is 0 Å². The molecule has 2 rings (SSSR count). The number of carbonyl (C=O) groups excluding carboxylic acids is 1. The molecule has 1 saturated carbocycles. The second-order valence-electron chi connectivity index (χ2n) is 8.29. The first-order valence-corrected chi connectivity index (χ1v) is 10.1. The van der Waals surface area contributed by atoms with Gasteiger partial charge in [-0.3, -0.25) is 4.79 Å². The topological polar surface area (TPSA) is 69.1 Å². The van der Waals surface area contributed by atoms with Crippen LogP contribution < -0.4 is 10.6 Å². The molecular weight excluding hydrogens is 350 g/mol. The summed E-state index contributed by atoms with van der Waals surface area (Å²) >= 11 is 0. The third kappa shape index (κ3) is 5.57. The van der Waals surface area contributed by atoms with Crippen molar-refractivity contribution in [3.8, 4) is 0 Å². The lowest BCUT2D eigenvalue weighted by Crippen LogP contribution is -2.46. The quantitative estimate of drug-likeness (QED) is 0.305. The summed E-state index contributed by atoms with van der Waals surface area (Å²) in [6.45, 7) is 19.2. The van der Waals surface area contributed by atoms with Crippen LogP contribution in [0, 0.1) is 0 Å². The zero-order valence-corrected chi connectivity index (χ0v) is 18.1. The minimum Gasteiger partial charge on any atom is -0.365 e. The second-order valence-corrected chi connectivity index (χ2v) is 8.29. The number of nitrogens with one attached hydrogen (secondary N) is 2. The highest BCUT2D eigenvalue weighted by Gasteiger charge is 2.38. The van der Waals surface area contributed by atoms with Crippen molar-refractivity contribution in [3.05, 3.63) is 35.3 Å². The van der Waals surface area contributed by atoms with Crippen LogP contribution in [0.4, 0.5) is 0 Å². The first-order valence-electron chi connectivity index (χ1n) is 10.1. The highest BCUT2D eigenvalue weighted by atomic mass is 16.1. The van der Waals surface area contributed by atoms with Crippen LogP contribution in [0.15, 0.2) is 45.3 Å². The Balaban J connectivity index is 2.06. The van der Waals surface area contributed by atoms with Crippen LogP contribution >= 0.6 is 0 Å². The summed E-state index contributed by atoms with van der Waals surface area (Å²) in [5.74, 6) is 1.65. The molecule has 2 N–H and O–H groups in total. The third-order valence-electron chi connectivity index (χ3n) is 5.60. The smallest absolute Gasteiger partial charge is 0.251 e. The van der Waals surface area contributed by atoms with E-state index in [0.29, 0.717) is 11.4 Å². The van der Waals surface area contributed by atoms with Crippen LogP contribution in [0.2, 0.25) is 0 Å². The van der Waals surface area contributed by atoms with Gasteiger partial charge in [0.25, 0.3) is 5.91 Å². The number of piperidine rings is 1. The molecule has 154 valence electrons. The van der Waals surface area contributed by atoms with Gasteiger partial charge >= 0.3 is 0 Å². The number of rotatable bonds is 7. The predicted molar refractivity (Wildman–Crippen MR) is 117 cm³/mol. The van der Waals surface area contributed by atoms with E-state index in [1.807, 2.05) is 27.7 Å². The lowest BCUT2D eigenvalue weighted by molar-refractivity contribution is -0.118. The number of allylic oxidation sites excluding steroid dienone is 1. The zero-order chi connectivity index (χ0) is 20.9. The van der Waals surface area contributed by atoms with Gasteiger partial charge in [-0.15, -0.1) is 0 Å². The Labute approximate surface area is 169 Å². The predicted octanol–water partition coefficient (Wildman–Crippen LogP) is 3.54. The van der Waals surface area contributed by atoms with E-state index in [-0.39, 0.29) is 17.5 Å². The van der Waals surface area contributed by atoms with Crippen molar-refractivity contribution < 1.29 is 4.79 Å². The van der Waals surface area contributed by atoms with E-state index < -0.39 is 0 Å². The second kappa shape index (κ2) is 9.22. The van der Waals surface area contributed by atoms with Gasteiger partial charge in [0.15, 0.2) is 0 Å². The highest BCUT2D eigenvalue weighted by molar-refractivity contribution is 5.98. The first kappa shape index (κ1) is 21.9. The van der Waals surface area contributed by atoms with Gasteiger partial charge in [-0.05, 0) is 67.0 Å². The molecular formula is C22H35N5O. The lowest BCUT2D eigenvalue weighted by atomic mass is 9.99. The van der Waals surface area contributed by atoms with Crippen LogP contribution in [0.1, 0.15) is 60.3 Å². The van der Waals surface area contributed by atoms with Crippen LogP contribution in [0.5, 0.6) is 0 Å². The highest BCUT2D eigenvalue weighted by Crippen LogP contribution is 2.36. The number of carbonyl (C=O) groups is 1. The minimum absolute atomic E-state index is 0.0312. The molecule has 1 heterocycles. The molecule has 6 nitrogen and oxygen atoms in total. The Kier molecular flexibility index (Phi) is 7.22. The lowest BCUT2D eigenvalue weighted by Gasteiger charge is -2.33. The molecule has 6 heteroatoms. The van der Waals surface area contributed by atoms with E-state index in [4.69, 9.17) is 0 Å². The van der Waals surface area contributed by atoms with E-state index in [1.165, 1.54) is 0 Å². The number of amidine groups is 1. The van der Waals surface area contributed by atoms with E-state index in [2.05, 4.69) is 45.7 Å². The molecule has 0 unspecified atom stereocenters. The molecule has 0 bridgehead atoms. The van der Waals surface area contributed by atoms with Crippen molar-refractivity contribution in [3.63, 3.8) is 0 Å². The van der Waals surface area contributed by atoms with Gasteiger partial charge in [0.05, 0.1) is 0 Å². The van der Waals surface area contributed by atoms with Crippen molar-refractivity contribution in [2.75, 3.05) is 13.1 Å². The third-order valence-corrected chi connectivity index (χ3v) is 5.60. The molecule has 0 aromatic carbocycles. The van der Waals surface area contributed by atoms with Gasteiger partial charge in [-0.1, -0.05) is 12.2 Å². The standard InChI is InChI=1S/C22H35N5O/c1-8-24-17(5)27-13-9-18(10-14-27)25-21(28)19(15(2)3)16(4)20(23-7)26-22(6)11-12-22/h8,18,26H,1,7,9-14H2,2-6H3,(H,25,28)/b20-16-,24-17+. The molecule has 0 spiro atoms. The zero-order valence-electron chi connectivity index (χ0n) is 18.1. The summed E-state index contributed by atoms with van der Waals surface area (Å²) < 4.78 is 0. The molecule has 0 aromatic heterocycles. The fraction of sp³-hybridized carbons (Fsp3) is 0.591. The van der Waals surface area contributed by atoms with Gasteiger partial charge in [0, 0.05) is 42.0 Å². The number of nitrogens with zero attached hydrogens (tertiary/aromatic N) is 3. The summed E-state index contributed by atoms with van der Waals surface area (Å²) in [6, 6.07) is 0.163. The van der Waals surface area contributed by atoms with Crippen molar-refractivity contribution in [2.24, 2.45) is 9.98 Å². The summed E-state index contributed by atoms with van der Waals surface area (Å²) in [4.78, 5) is 23.7. The SMILES string of the molecule is C=C/N=C(\C)N1CCC(NC(=O)C(=C(C)C)/C(C)=C(/N=C)NC2(C)CC2)CC1. The number of hydrogen-bond donors (Lipinski definition) is 2. The maximum absolute atomic E-state index is 13.1. The van der Waals surface area contributed by atoms with Gasteiger partial charge in [-0.25, -0.2) is 9.98 Å². The maximum Gasteiger partial charge on any atom is 0.251 e. The Morgan fingerprint density at radius 3 is 2.25 bits per heavy atom. The van der Waals surface area contributed by atoms with Gasteiger partial charge in [0.2, 0.25) is 0 Å². The van der Waals surface area contributed by atoms with Gasteiger partial charge in [0.1, 0.15) is 11.7 Å². The average molecular weight is 386 g/mol. The largest absolute Gasteiger partial charge is 0.365 e. The Bertz CT molecular complexity index is 715. The van der Waals surface area contributed by atoms with Crippen molar-refractivity contribution >= 4 is 18.5 Å². The maximum atomic E-state index is 13.1. The van der Waals surface area contributed by atoms with Crippen LogP contribution in [-0.4, -0.2) is 48.0 Å². The molecule has 1 saturated heterocycles. The monoisotopic (exact) mass is 385 g/mol. The summed E-state index contributed by atoms with van der Waals surface area (Å²) in [5.41, 5.74) is 2.61. The first-order chi connectivity index (χ1) is 13.2. The van der Waals surface area contributed by atoms with Gasteiger partial charge in [-0.2, -0.15) is 0 Å². The molecule has 1 aliphatic heterocycles. The molecule has 2 fully saturated rings. The fourth-order valence-electron chi connectivity index (χ4n) is 3.56. The normalized spacial score (nSPS) is 20.0. The van der Waals surface area contributed by atoms with E-state index in [0.717, 1.165) is 55.8 Å². The van der Waals surface area contributed by atoms with Crippen molar-refractivity contribution in [1.82, 2.24) is 15.5 Å². The molecule has 0 radical (unpaired) electrons. The molecule has 28 heavy (non-hydrogen) atoms. The van der Waals surface area contributed by atoms with Crippen molar-refractivity contribution in [2.45, 2.75) is 71.9 Å². The molecule has 1 aliphatic carbocycles. The number of hydrogen-bond acceptors (Lipinski definition) is 4. The fourth-order valence-corrected chi connectivity index (χ4v) is 3.56. The molecule has 1 amide bonds. The number of likely N-dealkylation sites (tertiary alicyclic amines) is 1.